The minimum Gasteiger partial charge on any atom is -0.462 e. The lowest BCUT2D eigenvalue weighted by atomic mass is 9.98. The van der Waals surface area contributed by atoms with Crippen LogP contribution in [0.3, 0.4) is 0 Å². The van der Waals surface area contributed by atoms with Crippen LogP contribution < -0.4 is 0 Å². The Kier molecular flexibility index (Phi) is 41.9. The van der Waals surface area contributed by atoms with Crippen molar-refractivity contribution in [3.8, 4) is 0 Å². The monoisotopic (exact) mass is 1050 g/mol. The lowest BCUT2D eigenvalue weighted by Gasteiger charge is -2.42. The van der Waals surface area contributed by atoms with Crippen LogP contribution in [0.4, 0.5) is 0 Å². The summed E-state index contributed by atoms with van der Waals surface area (Å²) in [5, 5.41) is 72.3. The minimum atomic E-state index is -1.77. The van der Waals surface area contributed by atoms with Gasteiger partial charge in [-0.15, -0.1) is 0 Å². The van der Waals surface area contributed by atoms with Gasteiger partial charge in [0, 0.05) is 12.8 Å². The first-order valence-corrected chi connectivity index (χ1v) is 29.6. The smallest absolute Gasteiger partial charge is 0.306 e. The van der Waals surface area contributed by atoms with E-state index in [1.807, 2.05) is 0 Å². The van der Waals surface area contributed by atoms with Crippen LogP contribution in [-0.4, -0.2) is 142 Å². The molecule has 2 fully saturated rings. The van der Waals surface area contributed by atoms with Crippen LogP contribution in [0, 0.1) is 0 Å². The van der Waals surface area contributed by atoms with E-state index in [0.29, 0.717) is 19.3 Å². The van der Waals surface area contributed by atoms with Crippen LogP contribution in [0.2, 0.25) is 0 Å². The molecule has 7 N–H and O–H groups in total. The summed E-state index contributed by atoms with van der Waals surface area (Å²) in [6.07, 6.45) is 34.7. The van der Waals surface area contributed by atoms with Gasteiger partial charge in [-0.1, -0.05) is 185 Å². The zero-order chi connectivity index (χ0) is 53.9. The molecule has 0 amide bonds. The van der Waals surface area contributed by atoms with Crippen LogP contribution >= 0.6 is 0 Å². The molecule has 0 spiro atoms. The van der Waals surface area contributed by atoms with Crippen LogP contribution in [0.15, 0.2) is 36.5 Å². The van der Waals surface area contributed by atoms with E-state index in [4.69, 9.17) is 28.4 Å². The maximum Gasteiger partial charge on any atom is 0.306 e. The topological polar surface area (TPSA) is 231 Å². The fourth-order valence-corrected chi connectivity index (χ4v) is 9.23. The number of carbonyl (C=O) groups excluding carboxylic acids is 2. The molecule has 11 atom stereocenters. The SMILES string of the molecule is CCCCCCCC/C=C/CCCCCCCC(=O)OC[C@H](CO[C@H]1O[C@@H](CO[C@H]2O[C@@H](CO)[C@@H](O)C(O)C2O)[C@@H](O)C(O)C1O)OC(=O)CCC/C=C/CC/C=C/CCCCCCCCCCCCCCCC. The fraction of sp³-hybridized carbons (Fsp3) is 0.864. The highest BCUT2D eigenvalue weighted by Gasteiger charge is 2.47. The van der Waals surface area contributed by atoms with Gasteiger partial charge in [-0.3, -0.25) is 9.59 Å². The molecule has 0 aliphatic carbocycles. The molecule has 2 aliphatic heterocycles. The van der Waals surface area contributed by atoms with Crippen LogP contribution in [-0.2, 0) is 38.0 Å². The van der Waals surface area contributed by atoms with Crippen molar-refractivity contribution >= 4 is 11.9 Å². The lowest BCUT2D eigenvalue weighted by molar-refractivity contribution is -0.332. The summed E-state index contributed by atoms with van der Waals surface area (Å²) in [5.74, 6) is -0.977. The number of hydrogen-bond donors (Lipinski definition) is 7. The number of hydrogen-bond acceptors (Lipinski definition) is 15. The second-order valence-electron chi connectivity index (χ2n) is 20.8. The van der Waals surface area contributed by atoms with Crippen molar-refractivity contribution in [3.63, 3.8) is 0 Å². The molecule has 2 aliphatic rings. The predicted octanol–water partition coefficient (Wildman–Crippen LogP) is 10.1. The van der Waals surface area contributed by atoms with Crippen molar-refractivity contribution < 1.29 is 73.8 Å². The van der Waals surface area contributed by atoms with Crippen molar-refractivity contribution in [1.82, 2.24) is 0 Å². The van der Waals surface area contributed by atoms with E-state index in [1.165, 1.54) is 128 Å². The Labute approximate surface area is 446 Å². The van der Waals surface area contributed by atoms with E-state index in [1.54, 1.807) is 0 Å². The standard InChI is InChI=1S/C59H106O15/c1-3-5-7-9-11-13-15-17-19-20-21-22-23-24-25-26-28-30-32-34-36-38-40-42-51(62)72-47(44-69-50(61)41-39-37-35-33-31-29-27-18-16-14-12-10-8-6-4-2)45-70-58-57(68)55(66)53(64)49(74-58)46-71-59-56(67)54(65)52(63)48(43-60)73-59/h18,26-28,34,36,47-49,52-60,63-68H,3-17,19-25,29-33,35,37-46H2,1-2H3/b27-18+,28-26+,36-34+/t47-,48+,49+,52-,53-,54?,55?,56?,57?,58+,59+/m1/s1. The summed E-state index contributed by atoms with van der Waals surface area (Å²) in [5.41, 5.74) is 0. The zero-order valence-corrected chi connectivity index (χ0v) is 46.1. The number of ether oxygens (including phenoxy) is 6. The molecule has 2 rings (SSSR count). The van der Waals surface area contributed by atoms with E-state index >= 15 is 0 Å². The van der Waals surface area contributed by atoms with Gasteiger partial charge in [-0.05, 0) is 70.6 Å². The number of unbranched alkanes of at least 4 members (excludes halogenated alkanes) is 27. The molecule has 0 aromatic rings. The Bertz CT molecular complexity index is 1430. The van der Waals surface area contributed by atoms with Gasteiger partial charge in [0.1, 0.15) is 55.4 Å². The van der Waals surface area contributed by atoms with Crippen LogP contribution in [0.5, 0.6) is 0 Å². The number of aliphatic hydroxyl groups excluding tert-OH is 7. The van der Waals surface area contributed by atoms with Gasteiger partial charge in [-0.2, -0.15) is 0 Å². The van der Waals surface area contributed by atoms with Gasteiger partial charge in [0.15, 0.2) is 18.7 Å². The van der Waals surface area contributed by atoms with Crippen molar-refractivity contribution in [2.45, 2.75) is 300 Å². The molecular formula is C59H106O15. The van der Waals surface area contributed by atoms with Crippen molar-refractivity contribution in [3.05, 3.63) is 36.5 Å². The first-order chi connectivity index (χ1) is 36.0. The Morgan fingerprint density at radius 3 is 1.27 bits per heavy atom. The first-order valence-electron chi connectivity index (χ1n) is 29.6. The van der Waals surface area contributed by atoms with Gasteiger partial charge in [0.25, 0.3) is 0 Å². The summed E-state index contributed by atoms with van der Waals surface area (Å²) in [7, 11) is 0. The normalized spacial score (nSPS) is 24.9. The number of allylic oxidation sites excluding steroid dienone is 6. The summed E-state index contributed by atoms with van der Waals surface area (Å²) in [4.78, 5) is 25.8. The molecule has 4 unspecified atom stereocenters. The molecule has 15 heteroatoms. The van der Waals surface area contributed by atoms with Crippen LogP contribution in [0.1, 0.15) is 232 Å². The third-order valence-electron chi connectivity index (χ3n) is 14.1. The molecule has 15 nitrogen and oxygen atoms in total. The molecule has 0 saturated carbocycles. The predicted molar refractivity (Wildman–Crippen MR) is 289 cm³/mol. The Morgan fingerprint density at radius 1 is 0.419 bits per heavy atom. The minimum absolute atomic E-state index is 0.105. The summed E-state index contributed by atoms with van der Waals surface area (Å²) >= 11 is 0. The summed E-state index contributed by atoms with van der Waals surface area (Å²) in [6, 6.07) is 0. The average molecular weight is 1060 g/mol. The molecule has 0 bridgehead atoms. The quantitative estimate of drug-likeness (QED) is 0.0171. The first kappa shape index (κ1) is 67.8. The zero-order valence-electron chi connectivity index (χ0n) is 46.1. The van der Waals surface area contributed by atoms with Gasteiger partial charge in [0.2, 0.25) is 0 Å². The highest BCUT2D eigenvalue weighted by Crippen LogP contribution is 2.27. The second kappa shape index (κ2) is 45.7. The molecular weight excluding hydrogens is 949 g/mol. The molecule has 2 heterocycles. The lowest BCUT2D eigenvalue weighted by Crippen LogP contribution is -2.61. The Morgan fingerprint density at radius 2 is 0.797 bits per heavy atom. The fourth-order valence-electron chi connectivity index (χ4n) is 9.23. The third-order valence-corrected chi connectivity index (χ3v) is 14.1. The van der Waals surface area contributed by atoms with Crippen LogP contribution in [0.25, 0.3) is 0 Å². The second-order valence-corrected chi connectivity index (χ2v) is 20.8. The molecule has 0 aromatic heterocycles. The van der Waals surface area contributed by atoms with Crippen molar-refractivity contribution in [1.29, 1.82) is 0 Å². The maximum absolute atomic E-state index is 13.0. The van der Waals surface area contributed by atoms with E-state index in [-0.39, 0.29) is 19.4 Å². The summed E-state index contributed by atoms with van der Waals surface area (Å²) < 4.78 is 33.6. The van der Waals surface area contributed by atoms with Crippen molar-refractivity contribution in [2.24, 2.45) is 0 Å². The Balaban J connectivity index is 1.76. The molecule has 0 aromatic carbocycles. The van der Waals surface area contributed by atoms with Gasteiger partial charge in [-0.25, -0.2) is 0 Å². The number of carbonyl (C=O) groups is 2. The van der Waals surface area contributed by atoms with E-state index < -0.39 is 99.3 Å². The molecule has 74 heavy (non-hydrogen) atoms. The largest absolute Gasteiger partial charge is 0.462 e. The van der Waals surface area contributed by atoms with E-state index in [2.05, 4.69) is 50.3 Å². The highest BCUT2D eigenvalue weighted by molar-refractivity contribution is 5.70. The van der Waals surface area contributed by atoms with E-state index in [9.17, 15) is 45.3 Å². The van der Waals surface area contributed by atoms with Gasteiger partial charge < -0.3 is 64.2 Å². The average Bonchev–Trinajstić information content (AvgIpc) is 3.39. The maximum atomic E-state index is 13.0. The van der Waals surface area contributed by atoms with Gasteiger partial charge >= 0.3 is 11.9 Å². The van der Waals surface area contributed by atoms with E-state index in [0.717, 1.165) is 57.8 Å². The number of esters is 2. The van der Waals surface area contributed by atoms with Gasteiger partial charge in [0.05, 0.1) is 19.8 Å². The summed E-state index contributed by atoms with van der Waals surface area (Å²) in [6.45, 7) is 2.57. The molecule has 2 saturated heterocycles. The number of rotatable bonds is 47. The molecule has 0 radical (unpaired) electrons. The third kappa shape index (κ3) is 32.5. The number of aliphatic hydroxyl groups is 7. The van der Waals surface area contributed by atoms with Crippen molar-refractivity contribution in [2.75, 3.05) is 26.4 Å². The molecule has 432 valence electrons. The highest BCUT2D eigenvalue weighted by atomic mass is 16.7. The Hall–Kier alpha value is -2.28.